The molecule has 1 aromatic carbocycles. The number of carbonyl (C=O) groups excluding carboxylic acids is 1. The maximum atomic E-state index is 12.2. The maximum absolute atomic E-state index is 12.2. The second-order valence-electron chi connectivity index (χ2n) is 5.21. The van der Waals surface area contributed by atoms with Gasteiger partial charge in [-0.1, -0.05) is 0 Å². The second-order valence-corrected chi connectivity index (χ2v) is 6.09. The Morgan fingerprint density at radius 1 is 1.38 bits per heavy atom. The molecule has 0 aromatic heterocycles. The lowest BCUT2D eigenvalue weighted by atomic mass is 10.1. The highest BCUT2D eigenvalue weighted by atomic mass is 32.2. The second kappa shape index (κ2) is 6.95. The van der Waals surface area contributed by atoms with Crippen LogP contribution in [-0.2, 0) is 9.59 Å². The highest BCUT2D eigenvalue weighted by Crippen LogP contribution is 2.21. The molecule has 0 bridgehead atoms. The highest BCUT2D eigenvalue weighted by molar-refractivity contribution is 7.98. The minimum absolute atomic E-state index is 0.0991. The zero-order valence-electron chi connectivity index (χ0n) is 12.2. The number of carbonyl (C=O) groups is 2. The van der Waals surface area contributed by atoms with Gasteiger partial charge in [-0.05, 0) is 50.4 Å². The number of carboxylic acids is 1. The zero-order valence-corrected chi connectivity index (χ0v) is 13.0. The van der Waals surface area contributed by atoms with Crippen molar-refractivity contribution in [3.8, 4) is 0 Å². The summed E-state index contributed by atoms with van der Waals surface area (Å²) in [6, 6.07) is 7.35. The van der Waals surface area contributed by atoms with E-state index >= 15 is 0 Å². The molecular weight excluding hydrogens is 288 g/mol. The van der Waals surface area contributed by atoms with E-state index in [-0.39, 0.29) is 17.9 Å². The molecule has 2 N–H and O–H groups in total. The van der Waals surface area contributed by atoms with Gasteiger partial charge in [-0.3, -0.25) is 14.5 Å². The summed E-state index contributed by atoms with van der Waals surface area (Å²) in [7, 11) is 0. The van der Waals surface area contributed by atoms with Crippen LogP contribution in [0.5, 0.6) is 0 Å². The molecule has 21 heavy (non-hydrogen) atoms. The first kappa shape index (κ1) is 15.9. The Morgan fingerprint density at radius 3 is 2.57 bits per heavy atom. The highest BCUT2D eigenvalue weighted by Gasteiger charge is 2.33. The Morgan fingerprint density at radius 2 is 2.05 bits per heavy atom. The lowest BCUT2D eigenvalue weighted by Gasteiger charge is -2.23. The average molecular weight is 308 g/mol. The van der Waals surface area contributed by atoms with Crippen molar-refractivity contribution >= 4 is 29.3 Å². The summed E-state index contributed by atoms with van der Waals surface area (Å²) in [6.45, 7) is 2.90. The molecule has 1 amide bonds. The van der Waals surface area contributed by atoms with Gasteiger partial charge in [-0.2, -0.15) is 0 Å². The topological polar surface area (TPSA) is 69.6 Å². The van der Waals surface area contributed by atoms with Crippen LogP contribution in [0.25, 0.3) is 0 Å². The Kier molecular flexibility index (Phi) is 5.25. The molecule has 6 heteroatoms. The van der Waals surface area contributed by atoms with E-state index in [2.05, 4.69) is 5.32 Å². The number of nitrogens with one attached hydrogen (secondary N) is 1. The summed E-state index contributed by atoms with van der Waals surface area (Å²) in [5.41, 5.74) is 0.763. The van der Waals surface area contributed by atoms with Crippen LogP contribution in [0, 0.1) is 5.92 Å². The van der Waals surface area contributed by atoms with Gasteiger partial charge in [-0.15, -0.1) is 11.8 Å². The first-order chi connectivity index (χ1) is 10.0. The number of aliphatic carboxylic acids is 1. The fraction of sp³-hybridized carbons (Fsp3) is 0.467. The Labute approximate surface area is 128 Å². The minimum atomic E-state index is -0.780. The predicted octanol–water partition coefficient (Wildman–Crippen LogP) is 2.14. The number of likely N-dealkylation sites (tertiary alicyclic amines) is 1. The lowest BCUT2D eigenvalue weighted by Crippen LogP contribution is -2.41. The van der Waals surface area contributed by atoms with Crippen molar-refractivity contribution in [3.63, 3.8) is 0 Å². The van der Waals surface area contributed by atoms with Gasteiger partial charge in [0.2, 0.25) is 5.91 Å². The SMILES string of the molecule is CSc1ccc(NC(=O)C(C)N2CCC(C(=O)O)C2)cc1. The van der Waals surface area contributed by atoms with Crippen LogP contribution in [0.4, 0.5) is 5.69 Å². The number of hydrogen-bond acceptors (Lipinski definition) is 4. The number of anilines is 1. The monoisotopic (exact) mass is 308 g/mol. The summed E-state index contributed by atoms with van der Waals surface area (Å²) >= 11 is 1.65. The molecule has 0 aliphatic carbocycles. The predicted molar refractivity (Wildman–Crippen MR) is 83.6 cm³/mol. The summed E-state index contributed by atoms with van der Waals surface area (Å²) in [5.74, 6) is -1.24. The average Bonchev–Trinajstić information content (AvgIpc) is 2.97. The van der Waals surface area contributed by atoms with Crippen LogP contribution in [0.3, 0.4) is 0 Å². The van der Waals surface area contributed by atoms with Gasteiger partial charge in [0.15, 0.2) is 0 Å². The maximum Gasteiger partial charge on any atom is 0.307 e. The first-order valence-corrected chi connectivity index (χ1v) is 8.15. The van der Waals surface area contributed by atoms with Crippen LogP contribution in [0.2, 0.25) is 0 Å². The standard InChI is InChI=1S/C15H20N2O3S/c1-10(17-8-7-11(9-17)15(19)20)14(18)16-12-3-5-13(21-2)6-4-12/h3-6,10-11H,7-9H2,1-2H3,(H,16,18)(H,19,20). The van der Waals surface area contributed by atoms with Gasteiger partial charge in [-0.25, -0.2) is 0 Å². The van der Waals surface area contributed by atoms with Crippen LogP contribution in [0.15, 0.2) is 29.2 Å². The molecule has 0 radical (unpaired) electrons. The minimum Gasteiger partial charge on any atom is -0.481 e. The number of benzene rings is 1. The van der Waals surface area contributed by atoms with Crippen molar-refractivity contribution in [2.45, 2.75) is 24.3 Å². The summed E-state index contributed by atoms with van der Waals surface area (Å²) in [4.78, 5) is 26.3. The Hall–Kier alpha value is -1.53. The van der Waals surface area contributed by atoms with Gasteiger partial charge >= 0.3 is 5.97 Å². The normalized spacial score (nSPS) is 20.2. The molecule has 2 rings (SSSR count). The zero-order chi connectivity index (χ0) is 15.4. The van der Waals surface area contributed by atoms with Crippen molar-refractivity contribution in [2.24, 2.45) is 5.92 Å². The summed E-state index contributed by atoms with van der Waals surface area (Å²) in [6.07, 6.45) is 2.61. The van der Waals surface area contributed by atoms with Gasteiger partial charge in [0.05, 0.1) is 12.0 Å². The molecule has 1 aliphatic rings. The fourth-order valence-corrected chi connectivity index (χ4v) is 2.84. The number of thioether (sulfide) groups is 1. The van der Waals surface area contributed by atoms with E-state index in [9.17, 15) is 9.59 Å². The van der Waals surface area contributed by atoms with Gasteiger partial charge in [0, 0.05) is 17.1 Å². The van der Waals surface area contributed by atoms with Crippen molar-refractivity contribution in [1.82, 2.24) is 4.90 Å². The van der Waals surface area contributed by atoms with E-state index in [4.69, 9.17) is 5.11 Å². The van der Waals surface area contributed by atoms with Gasteiger partial charge < -0.3 is 10.4 Å². The van der Waals surface area contributed by atoms with E-state index in [1.165, 1.54) is 0 Å². The van der Waals surface area contributed by atoms with E-state index in [1.807, 2.05) is 42.3 Å². The largest absolute Gasteiger partial charge is 0.481 e. The van der Waals surface area contributed by atoms with E-state index in [1.54, 1.807) is 11.8 Å². The molecule has 1 aromatic rings. The number of carboxylic acid groups (broad SMARTS) is 1. The number of amides is 1. The Bertz CT molecular complexity index is 518. The van der Waals surface area contributed by atoms with Crippen molar-refractivity contribution in [1.29, 1.82) is 0 Å². The smallest absolute Gasteiger partial charge is 0.307 e. The summed E-state index contributed by atoms with van der Waals surface area (Å²) < 4.78 is 0. The van der Waals surface area contributed by atoms with Crippen LogP contribution in [0.1, 0.15) is 13.3 Å². The third-order valence-electron chi connectivity index (χ3n) is 3.85. The lowest BCUT2D eigenvalue weighted by molar-refractivity contribution is -0.141. The van der Waals surface area contributed by atoms with Crippen LogP contribution >= 0.6 is 11.8 Å². The third-order valence-corrected chi connectivity index (χ3v) is 4.60. The van der Waals surface area contributed by atoms with Gasteiger partial charge in [0.25, 0.3) is 0 Å². The quantitative estimate of drug-likeness (QED) is 0.816. The first-order valence-electron chi connectivity index (χ1n) is 6.93. The molecule has 1 heterocycles. The Balaban J connectivity index is 1.92. The molecule has 1 fully saturated rings. The van der Waals surface area contributed by atoms with Crippen molar-refractivity contribution in [3.05, 3.63) is 24.3 Å². The van der Waals surface area contributed by atoms with E-state index < -0.39 is 5.97 Å². The molecule has 114 valence electrons. The number of hydrogen-bond donors (Lipinski definition) is 2. The summed E-state index contributed by atoms with van der Waals surface area (Å²) in [5, 5.41) is 11.9. The number of nitrogens with zero attached hydrogens (tertiary/aromatic N) is 1. The molecular formula is C15H20N2O3S. The molecule has 1 aliphatic heterocycles. The molecule has 2 unspecified atom stereocenters. The van der Waals surface area contributed by atoms with E-state index in [0.29, 0.717) is 19.5 Å². The van der Waals surface area contributed by atoms with Crippen LogP contribution < -0.4 is 5.32 Å². The van der Waals surface area contributed by atoms with Crippen molar-refractivity contribution < 1.29 is 14.7 Å². The van der Waals surface area contributed by atoms with Crippen molar-refractivity contribution in [2.75, 3.05) is 24.7 Å². The molecule has 1 saturated heterocycles. The van der Waals surface area contributed by atoms with Gasteiger partial charge in [0.1, 0.15) is 0 Å². The molecule has 5 nitrogen and oxygen atoms in total. The van der Waals surface area contributed by atoms with Crippen LogP contribution in [-0.4, -0.2) is 47.3 Å². The molecule has 0 saturated carbocycles. The molecule has 2 atom stereocenters. The number of rotatable bonds is 5. The molecule has 0 spiro atoms. The van der Waals surface area contributed by atoms with E-state index in [0.717, 1.165) is 10.6 Å². The fourth-order valence-electron chi connectivity index (χ4n) is 2.43. The third kappa shape index (κ3) is 3.98.